The molecule has 0 spiro atoms. The van der Waals surface area contributed by atoms with Gasteiger partial charge in [-0.3, -0.25) is 4.79 Å². The van der Waals surface area contributed by atoms with Gasteiger partial charge in [-0.2, -0.15) is 26.3 Å². The molecule has 0 N–H and O–H groups in total. The van der Waals surface area contributed by atoms with E-state index in [0.29, 0.717) is 6.07 Å². The molecule has 0 aliphatic rings. The second-order valence-electron chi connectivity index (χ2n) is 3.26. The summed E-state index contributed by atoms with van der Waals surface area (Å²) in [5.41, 5.74) is -4.96. The van der Waals surface area contributed by atoms with Crippen LogP contribution in [0.3, 0.4) is 0 Å². The van der Waals surface area contributed by atoms with E-state index in [2.05, 4.69) is 0 Å². The molecule has 93 valence electrons. The number of benzene rings is 1. The normalized spacial score (nSPS) is 12.6. The van der Waals surface area contributed by atoms with E-state index in [4.69, 9.17) is 0 Å². The molecule has 0 aromatic heterocycles. The Balaban J connectivity index is 3.65. The third kappa shape index (κ3) is 2.59. The van der Waals surface area contributed by atoms with Crippen LogP contribution in [0.2, 0.25) is 0 Å². The number of rotatable bonds is 1. The van der Waals surface area contributed by atoms with Gasteiger partial charge in [-0.1, -0.05) is 6.07 Å². The Labute approximate surface area is 92.0 Å². The van der Waals surface area contributed by atoms with Crippen LogP contribution in [-0.2, 0) is 17.1 Å². The minimum Gasteiger partial charge on any atom is -0.285 e. The Morgan fingerprint density at radius 2 is 1.53 bits per heavy atom. The van der Waals surface area contributed by atoms with Crippen LogP contribution in [0.4, 0.5) is 26.3 Å². The monoisotopic (exact) mass is 255 g/mol. The fourth-order valence-electron chi connectivity index (χ4n) is 1.42. The van der Waals surface area contributed by atoms with Crippen molar-refractivity contribution in [1.29, 1.82) is 0 Å². The molecule has 0 aliphatic carbocycles. The molecule has 17 heavy (non-hydrogen) atoms. The molecule has 1 aromatic carbocycles. The van der Waals surface area contributed by atoms with E-state index >= 15 is 0 Å². The van der Waals surface area contributed by atoms with E-state index < -0.39 is 34.6 Å². The van der Waals surface area contributed by atoms with Crippen LogP contribution in [0.15, 0.2) is 12.1 Å². The van der Waals surface area contributed by atoms with E-state index in [1.807, 2.05) is 0 Å². The Morgan fingerprint density at radius 3 is 1.88 bits per heavy atom. The van der Waals surface area contributed by atoms with Gasteiger partial charge >= 0.3 is 12.4 Å². The van der Waals surface area contributed by atoms with E-state index in [-0.39, 0.29) is 6.07 Å². The average molecular weight is 255 g/mol. The van der Waals surface area contributed by atoms with Crippen LogP contribution in [0.5, 0.6) is 0 Å². The smallest absolute Gasteiger partial charge is 0.285 e. The first-order chi connectivity index (χ1) is 7.59. The first kappa shape index (κ1) is 13.5. The van der Waals surface area contributed by atoms with Crippen LogP contribution in [0.25, 0.3) is 0 Å². The Morgan fingerprint density at radius 1 is 1.00 bits per heavy atom. The zero-order valence-corrected chi connectivity index (χ0v) is 8.33. The van der Waals surface area contributed by atoms with Gasteiger partial charge in [0.25, 0.3) is 0 Å². The highest BCUT2D eigenvalue weighted by atomic mass is 19.4. The Kier molecular flexibility index (Phi) is 3.22. The highest BCUT2D eigenvalue weighted by Crippen LogP contribution is 2.42. The quantitative estimate of drug-likeness (QED) is 0.702. The van der Waals surface area contributed by atoms with Gasteiger partial charge in [-0.15, -0.1) is 0 Å². The number of hydrogen-bond acceptors (Lipinski definition) is 1. The minimum absolute atomic E-state index is 0.232. The largest absolute Gasteiger partial charge is 0.417 e. The highest BCUT2D eigenvalue weighted by Gasteiger charge is 2.44. The fourth-order valence-corrected chi connectivity index (χ4v) is 1.42. The van der Waals surface area contributed by atoms with E-state index in [0.717, 1.165) is 6.92 Å². The lowest BCUT2D eigenvalue weighted by Gasteiger charge is -2.18. The lowest BCUT2D eigenvalue weighted by Crippen LogP contribution is -2.19. The summed E-state index contributed by atoms with van der Waals surface area (Å²) < 4.78 is 74.8. The Bertz CT molecular complexity index is 443. The zero-order chi connectivity index (χ0) is 13.4. The molecule has 0 fully saturated rings. The second kappa shape index (κ2) is 4.05. The fraction of sp³-hybridized carbons (Fsp3) is 0.300. The summed E-state index contributed by atoms with van der Waals surface area (Å²) in [5, 5.41) is 0. The van der Waals surface area contributed by atoms with Gasteiger partial charge < -0.3 is 0 Å². The van der Waals surface area contributed by atoms with Crippen molar-refractivity contribution in [2.75, 3.05) is 0 Å². The van der Waals surface area contributed by atoms with Gasteiger partial charge in [0.05, 0.1) is 11.1 Å². The van der Waals surface area contributed by atoms with Crippen molar-refractivity contribution < 1.29 is 31.1 Å². The van der Waals surface area contributed by atoms with Crippen molar-refractivity contribution >= 4 is 6.29 Å². The lowest BCUT2D eigenvalue weighted by atomic mass is 9.96. The number of hydrogen-bond donors (Lipinski definition) is 0. The third-order valence-electron chi connectivity index (χ3n) is 2.16. The van der Waals surface area contributed by atoms with Crippen LogP contribution >= 0.6 is 0 Å². The molecule has 0 atom stereocenters. The van der Waals surface area contributed by atoms with Crippen LogP contribution < -0.4 is 0 Å². The molecule has 0 aliphatic heterocycles. The van der Waals surface area contributed by atoms with Gasteiger partial charge in [0.2, 0.25) is 6.29 Å². The van der Waals surface area contributed by atoms with Gasteiger partial charge in [-0.25, -0.2) is 0 Å². The molecular formula is C10H5F6O. The summed E-state index contributed by atoms with van der Waals surface area (Å²) in [7, 11) is 0. The molecular weight excluding hydrogens is 250 g/mol. The molecule has 1 rings (SSSR count). The summed E-state index contributed by atoms with van der Waals surface area (Å²) in [6.07, 6.45) is -9.14. The van der Waals surface area contributed by atoms with Gasteiger partial charge in [0.1, 0.15) is 0 Å². The lowest BCUT2D eigenvalue weighted by molar-refractivity contribution is -0.162. The zero-order valence-electron chi connectivity index (χ0n) is 8.33. The van der Waals surface area contributed by atoms with Crippen molar-refractivity contribution in [3.8, 4) is 0 Å². The van der Waals surface area contributed by atoms with Gasteiger partial charge in [0, 0.05) is 5.56 Å². The summed E-state index contributed by atoms with van der Waals surface area (Å²) in [4.78, 5) is 10.3. The summed E-state index contributed by atoms with van der Waals surface area (Å²) in [5.74, 6) is 0. The molecule has 7 heteroatoms. The predicted molar refractivity (Wildman–Crippen MR) is 46.0 cm³/mol. The first-order valence-corrected chi connectivity index (χ1v) is 4.25. The predicted octanol–water partition coefficient (Wildman–Crippen LogP) is 3.49. The molecule has 0 saturated heterocycles. The molecule has 1 radical (unpaired) electrons. The maximum atomic E-state index is 12.5. The standard InChI is InChI=1S/C10H5F6O/c1-5-6(4-17)2-3-7(9(11,12)13)8(5)10(14,15)16/h2-3H,1H3. The molecule has 1 nitrogen and oxygen atoms in total. The second-order valence-corrected chi connectivity index (χ2v) is 3.26. The summed E-state index contributed by atoms with van der Waals surface area (Å²) in [6.45, 7) is 0.804. The van der Waals surface area contributed by atoms with Gasteiger partial charge in [-0.05, 0) is 18.6 Å². The molecule has 0 amide bonds. The van der Waals surface area contributed by atoms with Crippen molar-refractivity contribution in [2.24, 2.45) is 0 Å². The first-order valence-electron chi connectivity index (χ1n) is 4.25. The highest BCUT2D eigenvalue weighted by molar-refractivity contribution is 5.78. The maximum absolute atomic E-state index is 12.5. The van der Waals surface area contributed by atoms with Crippen LogP contribution in [0, 0.1) is 6.92 Å². The third-order valence-corrected chi connectivity index (χ3v) is 2.16. The number of carbonyl (C=O) groups excluding carboxylic acids is 1. The van der Waals surface area contributed by atoms with Crippen molar-refractivity contribution in [3.05, 3.63) is 34.4 Å². The van der Waals surface area contributed by atoms with Gasteiger partial charge in [0.15, 0.2) is 0 Å². The number of alkyl halides is 6. The van der Waals surface area contributed by atoms with E-state index in [9.17, 15) is 31.1 Å². The topological polar surface area (TPSA) is 17.1 Å². The summed E-state index contributed by atoms with van der Waals surface area (Å²) in [6, 6.07) is 0.899. The Hall–Kier alpha value is -1.53. The van der Waals surface area contributed by atoms with Crippen LogP contribution in [-0.4, -0.2) is 6.29 Å². The molecule has 0 bridgehead atoms. The van der Waals surface area contributed by atoms with E-state index in [1.54, 1.807) is 0 Å². The minimum atomic E-state index is -5.18. The van der Waals surface area contributed by atoms with Crippen molar-refractivity contribution in [2.45, 2.75) is 19.3 Å². The molecule has 1 aromatic rings. The van der Waals surface area contributed by atoms with E-state index in [1.165, 1.54) is 6.29 Å². The maximum Gasteiger partial charge on any atom is 0.417 e. The van der Waals surface area contributed by atoms with Crippen molar-refractivity contribution in [3.63, 3.8) is 0 Å². The van der Waals surface area contributed by atoms with Crippen molar-refractivity contribution in [1.82, 2.24) is 0 Å². The van der Waals surface area contributed by atoms with Crippen LogP contribution in [0.1, 0.15) is 22.3 Å². The average Bonchev–Trinajstić information content (AvgIpc) is 2.13. The molecule has 0 unspecified atom stereocenters. The SMILES string of the molecule is Cc1c([C]=O)ccc(C(F)(F)F)c1C(F)(F)F. The molecule has 0 saturated carbocycles. The summed E-state index contributed by atoms with van der Waals surface area (Å²) >= 11 is 0. The number of halogens is 6. The molecule has 0 heterocycles.